The lowest BCUT2D eigenvalue weighted by molar-refractivity contribution is 0.0907. The van der Waals surface area contributed by atoms with E-state index >= 15 is 0 Å². The van der Waals surface area contributed by atoms with Gasteiger partial charge in [-0.25, -0.2) is 9.97 Å². The molecule has 0 radical (unpaired) electrons. The van der Waals surface area contributed by atoms with Gasteiger partial charge < -0.3 is 9.32 Å². The first-order chi connectivity index (χ1) is 12.3. The van der Waals surface area contributed by atoms with Crippen molar-refractivity contribution in [3.63, 3.8) is 0 Å². The maximum atomic E-state index is 12.8. The maximum absolute atomic E-state index is 12.8. The summed E-state index contributed by atoms with van der Waals surface area (Å²) in [4.78, 5) is 28.1. The molecule has 0 unspecified atom stereocenters. The molecular weight excluding hydrogens is 316 g/mol. The first-order valence-corrected chi connectivity index (χ1v) is 8.71. The normalized spacial score (nSPS) is 17.8. The van der Waals surface area contributed by atoms with Gasteiger partial charge in [0.1, 0.15) is 6.33 Å². The van der Waals surface area contributed by atoms with E-state index in [0.717, 1.165) is 30.8 Å². The number of nitrogens with zero attached hydrogens (tertiary/aromatic N) is 4. The third-order valence-corrected chi connectivity index (χ3v) is 4.67. The summed E-state index contributed by atoms with van der Waals surface area (Å²) >= 11 is 0. The van der Waals surface area contributed by atoms with Crippen LogP contribution >= 0.6 is 0 Å². The van der Waals surface area contributed by atoms with E-state index in [4.69, 9.17) is 4.42 Å². The number of aromatic nitrogens is 3. The third kappa shape index (κ3) is 2.99. The second-order valence-electron chi connectivity index (χ2n) is 6.33. The molecule has 1 saturated heterocycles. The predicted molar refractivity (Wildman–Crippen MR) is 94.7 cm³/mol. The minimum atomic E-state index is -0.0290. The number of fused-ring (bicyclic) bond motifs is 1. The SMILES string of the molecule is CCc1nc2c(N3CCC[C@@H](C(=O)c4ccccc4)C3)ncnc2o1. The van der Waals surface area contributed by atoms with Crippen LogP contribution in [0.4, 0.5) is 5.82 Å². The zero-order valence-corrected chi connectivity index (χ0v) is 14.2. The molecule has 6 nitrogen and oxygen atoms in total. The standard InChI is InChI=1S/C19H20N4O2/c1-2-15-22-16-18(20-12-21-19(16)25-15)23-10-6-9-14(11-23)17(24)13-7-4-3-5-8-13/h3-5,7-8,12,14H,2,6,9-11H2,1H3/t14-/m1/s1. The number of ketones is 1. The Morgan fingerprint density at radius 3 is 2.92 bits per heavy atom. The number of hydrogen-bond donors (Lipinski definition) is 0. The largest absolute Gasteiger partial charge is 0.422 e. The number of Topliss-reactive ketones (excluding diaryl/α,β-unsaturated/α-hetero) is 1. The van der Waals surface area contributed by atoms with Crippen LogP contribution in [0.2, 0.25) is 0 Å². The van der Waals surface area contributed by atoms with Crippen LogP contribution in [0.5, 0.6) is 0 Å². The summed E-state index contributed by atoms with van der Waals surface area (Å²) in [5.41, 5.74) is 1.97. The van der Waals surface area contributed by atoms with Crippen LogP contribution in [0.25, 0.3) is 11.2 Å². The van der Waals surface area contributed by atoms with Crippen molar-refractivity contribution in [1.82, 2.24) is 15.0 Å². The van der Waals surface area contributed by atoms with E-state index in [1.165, 1.54) is 6.33 Å². The van der Waals surface area contributed by atoms with E-state index < -0.39 is 0 Å². The summed E-state index contributed by atoms with van der Waals surface area (Å²) in [6.45, 7) is 3.50. The van der Waals surface area contributed by atoms with Gasteiger partial charge in [-0.05, 0) is 12.8 Å². The topological polar surface area (TPSA) is 72.1 Å². The first-order valence-electron chi connectivity index (χ1n) is 8.71. The molecule has 0 bridgehead atoms. The number of hydrogen-bond acceptors (Lipinski definition) is 6. The molecule has 0 N–H and O–H groups in total. The minimum Gasteiger partial charge on any atom is -0.422 e. The van der Waals surface area contributed by atoms with Gasteiger partial charge in [0.2, 0.25) is 0 Å². The van der Waals surface area contributed by atoms with Crippen molar-refractivity contribution in [3.05, 3.63) is 48.1 Å². The number of oxazole rings is 1. The Hall–Kier alpha value is -2.76. The number of rotatable bonds is 4. The molecule has 1 aromatic carbocycles. The monoisotopic (exact) mass is 336 g/mol. The van der Waals surface area contributed by atoms with Crippen LogP contribution in [0, 0.1) is 5.92 Å². The molecule has 0 aliphatic carbocycles. The van der Waals surface area contributed by atoms with Gasteiger partial charge in [0.25, 0.3) is 5.71 Å². The summed E-state index contributed by atoms with van der Waals surface area (Å²) in [6.07, 6.45) is 4.07. The molecule has 128 valence electrons. The number of benzene rings is 1. The number of carbonyl (C=O) groups is 1. The van der Waals surface area contributed by atoms with Crippen molar-refractivity contribution >= 4 is 22.8 Å². The lowest BCUT2D eigenvalue weighted by Crippen LogP contribution is -2.39. The van der Waals surface area contributed by atoms with Crippen molar-refractivity contribution in [1.29, 1.82) is 0 Å². The molecule has 4 rings (SSSR count). The molecular formula is C19H20N4O2. The molecule has 0 spiro atoms. The van der Waals surface area contributed by atoms with E-state index in [1.54, 1.807) is 0 Å². The van der Waals surface area contributed by atoms with Crippen LogP contribution in [-0.4, -0.2) is 33.8 Å². The fourth-order valence-corrected chi connectivity index (χ4v) is 3.39. The molecule has 1 atom stereocenters. The predicted octanol–water partition coefficient (Wildman–Crippen LogP) is 3.28. The Morgan fingerprint density at radius 1 is 1.28 bits per heavy atom. The van der Waals surface area contributed by atoms with Gasteiger partial charge in [-0.3, -0.25) is 4.79 Å². The maximum Gasteiger partial charge on any atom is 0.252 e. The average Bonchev–Trinajstić information content (AvgIpc) is 3.11. The Labute approximate surface area is 145 Å². The summed E-state index contributed by atoms with van der Waals surface area (Å²) in [7, 11) is 0. The van der Waals surface area contributed by atoms with E-state index in [0.29, 0.717) is 30.1 Å². The van der Waals surface area contributed by atoms with Crippen molar-refractivity contribution in [2.75, 3.05) is 18.0 Å². The highest BCUT2D eigenvalue weighted by molar-refractivity contribution is 5.98. The quantitative estimate of drug-likeness (QED) is 0.681. The van der Waals surface area contributed by atoms with Crippen LogP contribution in [0.15, 0.2) is 41.1 Å². The number of piperidine rings is 1. The van der Waals surface area contributed by atoms with E-state index in [1.807, 2.05) is 37.3 Å². The highest BCUT2D eigenvalue weighted by Gasteiger charge is 2.29. The van der Waals surface area contributed by atoms with Gasteiger partial charge in [0.05, 0.1) is 0 Å². The second kappa shape index (κ2) is 6.63. The molecule has 6 heteroatoms. The molecule has 1 aliphatic rings. The molecule has 0 amide bonds. The van der Waals surface area contributed by atoms with Crippen molar-refractivity contribution < 1.29 is 9.21 Å². The third-order valence-electron chi connectivity index (χ3n) is 4.67. The van der Waals surface area contributed by atoms with Crippen LogP contribution < -0.4 is 4.90 Å². The van der Waals surface area contributed by atoms with E-state index in [2.05, 4.69) is 19.9 Å². The Balaban J connectivity index is 1.61. The highest BCUT2D eigenvalue weighted by Crippen LogP contribution is 2.28. The highest BCUT2D eigenvalue weighted by atomic mass is 16.4. The summed E-state index contributed by atoms with van der Waals surface area (Å²) in [5.74, 6) is 1.59. The van der Waals surface area contributed by atoms with Gasteiger partial charge in [-0.2, -0.15) is 4.98 Å². The lowest BCUT2D eigenvalue weighted by Gasteiger charge is -2.32. The van der Waals surface area contributed by atoms with E-state index in [-0.39, 0.29) is 11.7 Å². The Morgan fingerprint density at radius 2 is 2.12 bits per heavy atom. The molecule has 2 aromatic heterocycles. The molecule has 25 heavy (non-hydrogen) atoms. The Bertz CT molecular complexity index is 891. The molecule has 0 saturated carbocycles. The Kier molecular flexibility index (Phi) is 4.17. The molecule has 3 aromatic rings. The van der Waals surface area contributed by atoms with Gasteiger partial charge in [0, 0.05) is 31.0 Å². The van der Waals surface area contributed by atoms with Gasteiger partial charge in [-0.15, -0.1) is 0 Å². The first kappa shape index (κ1) is 15.7. The number of anilines is 1. The summed E-state index contributed by atoms with van der Waals surface area (Å²) in [6, 6.07) is 9.51. The summed E-state index contributed by atoms with van der Waals surface area (Å²) < 4.78 is 5.64. The fraction of sp³-hybridized carbons (Fsp3) is 0.368. The zero-order chi connectivity index (χ0) is 17.2. The molecule has 1 fully saturated rings. The van der Waals surface area contributed by atoms with Crippen LogP contribution in [0.3, 0.4) is 0 Å². The van der Waals surface area contributed by atoms with E-state index in [9.17, 15) is 4.79 Å². The van der Waals surface area contributed by atoms with Crippen molar-refractivity contribution in [2.24, 2.45) is 5.92 Å². The van der Waals surface area contributed by atoms with Crippen LogP contribution in [0.1, 0.15) is 36.0 Å². The minimum absolute atomic E-state index is 0.0290. The second-order valence-corrected chi connectivity index (χ2v) is 6.33. The molecule has 3 heterocycles. The van der Waals surface area contributed by atoms with Crippen molar-refractivity contribution in [2.45, 2.75) is 26.2 Å². The average molecular weight is 336 g/mol. The number of aryl methyl sites for hydroxylation is 1. The van der Waals surface area contributed by atoms with Crippen LogP contribution in [-0.2, 0) is 6.42 Å². The number of carbonyl (C=O) groups excluding carboxylic acids is 1. The fourth-order valence-electron chi connectivity index (χ4n) is 3.39. The summed E-state index contributed by atoms with van der Waals surface area (Å²) in [5, 5.41) is 0. The van der Waals surface area contributed by atoms with Crippen molar-refractivity contribution in [3.8, 4) is 0 Å². The van der Waals surface area contributed by atoms with Gasteiger partial charge in [-0.1, -0.05) is 37.3 Å². The van der Waals surface area contributed by atoms with Gasteiger partial charge in [0.15, 0.2) is 23.0 Å². The zero-order valence-electron chi connectivity index (χ0n) is 14.2. The lowest BCUT2D eigenvalue weighted by atomic mass is 9.90. The molecule has 1 aliphatic heterocycles. The smallest absolute Gasteiger partial charge is 0.252 e. The van der Waals surface area contributed by atoms with Gasteiger partial charge >= 0.3 is 0 Å².